The molecular formula is C23H30BrN9. The fourth-order valence-corrected chi connectivity index (χ4v) is 4.89. The van der Waals surface area contributed by atoms with E-state index >= 15 is 0 Å². The summed E-state index contributed by atoms with van der Waals surface area (Å²) in [5.41, 5.74) is 3.99. The van der Waals surface area contributed by atoms with Gasteiger partial charge in [0.25, 0.3) is 0 Å². The Hall–Kier alpha value is -2.72. The fourth-order valence-electron chi connectivity index (χ4n) is 4.54. The molecule has 1 aliphatic rings. The van der Waals surface area contributed by atoms with Gasteiger partial charge in [0.05, 0.1) is 28.2 Å². The molecule has 1 aliphatic heterocycles. The van der Waals surface area contributed by atoms with Gasteiger partial charge in [0.2, 0.25) is 11.9 Å². The van der Waals surface area contributed by atoms with Crippen LogP contribution in [-0.2, 0) is 6.54 Å². The minimum absolute atomic E-state index is 0.176. The normalized spacial score (nSPS) is 19.2. The minimum Gasteiger partial charge on any atom is -0.340 e. The van der Waals surface area contributed by atoms with E-state index in [9.17, 15) is 0 Å². The van der Waals surface area contributed by atoms with Crippen LogP contribution in [-0.4, -0.2) is 60.8 Å². The molecule has 2 atom stereocenters. The Kier molecular flexibility index (Phi) is 5.74. The van der Waals surface area contributed by atoms with Crippen molar-refractivity contribution in [2.24, 2.45) is 0 Å². The minimum atomic E-state index is 0.176. The van der Waals surface area contributed by atoms with Gasteiger partial charge in [-0.05, 0) is 68.2 Å². The van der Waals surface area contributed by atoms with Crippen LogP contribution in [0.25, 0.3) is 16.7 Å². The third kappa shape index (κ3) is 4.29. The van der Waals surface area contributed by atoms with Gasteiger partial charge >= 0.3 is 0 Å². The van der Waals surface area contributed by atoms with Crippen LogP contribution in [0.5, 0.6) is 0 Å². The standard InChI is InChI=1S/C23H30BrN9/c1-13(2)32(12-20-27-18-7-6-14(3)8-19(18)28-20)23-30-22(29-21-17(24)9-25-33(21)23)31-10-15(4)26-16(5)11-31/h6-9,13,15-16,26H,10-12H2,1-5H3,(H,27,28)/t15-,16+. The number of aromatic amines is 1. The number of benzene rings is 1. The number of nitrogens with one attached hydrogen (secondary N) is 2. The molecule has 5 rings (SSSR count). The molecule has 0 amide bonds. The average Bonchev–Trinajstić information content (AvgIpc) is 3.33. The lowest BCUT2D eigenvalue weighted by atomic mass is 10.1. The number of imidazole rings is 1. The van der Waals surface area contributed by atoms with Gasteiger partial charge in [0.15, 0.2) is 5.65 Å². The Balaban J connectivity index is 1.57. The van der Waals surface area contributed by atoms with E-state index in [0.29, 0.717) is 18.6 Å². The SMILES string of the molecule is Cc1ccc2nc(CN(c3nc(N4C[C@@H](C)N[C@@H](C)C4)nc4c(Br)cnn34)C(C)C)[nH]c2c1. The molecule has 2 N–H and O–H groups in total. The zero-order valence-electron chi connectivity index (χ0n) is 19.7. The number of rotatable bonds is 5. The maximum absolute atomic E-state index is 5.04. The first-order chi connectivity index (χ1) is 15.8. The number of hydrogen-bond acceptors (Lipinski definition) is 7. The van der Waals surface area contributed by atoms with Crippen LogP contribution >= 0.6 is 15.9 Å². The van der Waals surface area contributed by atoms with Gasteiger partial charge < -0.3 is 20.1 Å². The molecule has 0 radical (unpaired) electrons. The second kappa shape index (κ2) is 8.57. The molecule has 9 nitrogen and oxygen atoms in total. The summed E-state index contributed by atoms with van der Waals surface area (Å²) in [4.78, 5) is 22.7. The molecule has 0 unspecified atom stereocenters. The summed E-state index contributed by atoms with van der Waals surface area (Å²) in [6, 6.07) is 7.18. The Bertz CT molecular complexity index is 1280. The topological polar surface area (TPSA) is 90.3 Å². The van der Waals surface area contributed by atoms with Gasteiger partial charge in [-0.2, -0.15) is 19.6 Å². The van der Waals surface area contributed by atoms with E-state index in [1.54, 1.807) is 6.20 Å². The Morgan fingerprint density at radius 2 is 1.91 bits per heavy atom. The number of fused-ring (bicyclic) bond motifs is 2. The van der Waals surface area contributed by atoms with Crippen LogP contribution in [0, 0.1) is 6.92 Å². The zero-order valence-corrected chi connectivity index (χ0v) is 21.3. The van der Waals surface area contributed by atoms with E-state index in [4.69, 9.17) is 15.0 Å². The van der Waals surface area contributed by atoms with Crippen molar-refractivity contribution in [3.05, 3.63) is 40.3 Å². The monoisotopic (exact) mass is 511 g/mol. The van der Waals surface area contributed by atoms with Crippen molar-refractivity contribution in [3.8, 4) is 0 Å². The summed E-state index contributed by atoms with van der Waals surface area (Å²) in [5.74, 6) is 2.38. The number of aryl methyl sites for hydroxylation is 1. The van der Waals surface area contributed by atoms with Gasteiger partial charge in [-0.1, -0.05) is 6.07 Å². The molecule has 3 aromatic heterocycles. The first-order valence-corrected chi connectivity index (χ1v) is 12.2. The highest BCUT2D eigenvalue weighted by Gasteiger charge is 2.27. The Labute approximate surface area is 201 Å². The largest absolute Gasteiger partial charge is 0.340 e. The highest BCUT2D eigenvalue weighted by atomic mass is 79.9. The second-order valence-electron chi connectivity index (χ2n) is 9.35. The van der Waals surface area contributed by atoms with Crippen LogP contribution in [0.15, 0.2) is 28.9 Å². The van der Waals surface area contributed by atoms with Gasteiger partial charge in [0.1, 0.15) is 5.82 Å². The van der Waals surface area contributed by atoms with Gasteiger partial charge in [-0.25, -0.2) is 4.98 Å². The summed E-state index contributed by atoms with van der Waals surface area (Å²) < 4.78 is 2.67. The van der Waals surface area contributed by atoms with Crippen molar-refractivity contribution in [1.82, 2.24) is 34.9 Å². The van der Waals surface area contributed by atoms with E-state index in [2.05, 4.69) is 93.9 Å². The van der Waals surface area contributed by atoms with Crippen LogP contribution < -0.4 is 15.1 Å². The number of H-pyrrole nitrogens is 1. The number of piperazine rings is 1. The first kappa shape index (κ1) is 22.1. The quantitative estimate of drug-likeness (QED) is 0.422. The van der Waals surface area contributed by atoms with E-state index in [-0.39, 0.29) is 6.04 Å². The molecule has 0 aliphatic carbocycles. The molecule has 4 heterocycles. The fraction of sp³-hybridized carbons (Fsp3) is 0.478. The molecule has 10 heteroatoms. The van der Waals surface area contributed by atoms with E-state index < -0.39 is 0 Å². The third-order valence-corrected chi connectivity index (χ3v) is 6.58. The molecule has 33 heavy (non-hydrogen) atoms. The van der Waals surface area contributed by atoms with Crippen LogP contribution in [0.3, 0.4) is 0 Å². The summed E-state index contributed by atoms with van der Waals surface area (Å²) >= 11 is 3.62. The maximum atomic E-state index is 5.04. The van der Waals surface area contributed by atoms with Gasteiger partial charge in [0, 0.05) is 31.2 Å². The predicted octanol–water partition coefficient (Wildman–Crippen LogP) is 3.67. The van der Waals surface area contributed by atoms with E-state index in [0.717, 1.165) is 52.0 Å². The zero-order chi connectivity index (χ0) is 23.3. The molecular weight excluding hydrogens is 482 g/mol. The Morgan fingerprint density at radius 1 is 1.15 bits per heavy atom. The van der Waals surface area contributed by atoms with Crippen LogP contribution in [0.1, 0.15) is 39.1 Å². The van der Waals surface area contributed by atoms with Crippen molar-refractivity contribution in [2.75, 3.05) is 22.9 Å². The highest BCUT2D eigenvalue weighted by Crippen LogP contribution is 2.27. The molecule has 0 saturated carbocycles. The van der Waals surface area contributed by atoms with Crippen molar-refractivity contribution in [1.29, 1.82) is 0 Å². The van der Waals surface area contributed by atoms with Crippen molar-refractivity contribution < 1.29 is 0 Å². The number of halogens is 1. The predicted molar refractivity (Wildman–Crippen MR) is 135 cm³/mol. The summed E-state index contributed by atoms with van der Waals surface area (Å²) in [6.07, 6.45) is 1.78. The second-order valence-corrected chi connectivity index (χ2v) is 10.2. The van der Waals surface area contributed by atoms with Gasteiger partial charge in [-0.3, -0.25) is 0 Å². The highest BCUT2D eigenvalue weighted by molar-refractivity contribution is 9.10. The lowest BCUT2D eigenvalue weighted by Crippen LogP contribution is -2.54. The molecule has 1 aromatic carbocycles. The maximum Gasteiger partial charge on any atom is 0.232 e. The summed E-state index contributed by atoms with van der Waals surface area (Å²) in [5, 5.41) is 8.16. The van der Waals surface area contributed by atoms with E-state index in [1.165, 1.54) is 5.56 Å². The molecule has 0 bridgehead atoms. The lowest BCUT2D eigenvalue weighted by Gasteiger charge is -2.36. The Morgan fingerprint density at radius 3 is 2.64 bits per heavy atom. The number of anilines is 2. The van der Waals surface area contributed by atoms with Crippen molar-refractivity contribution >= 4 is 44.5 Å². The molecule has 1 saturated heterocycles. The van der Waals surface area contributed by atoms with Crippen molar-refractivity contribution in [3.63, 3.8) is 0 Å². The first-order valence-electron chi connectivity index (χ1n) is 11.4. The molecule has 174 valence electrons. The molecule has 4 aromatic rings. The smallest absolute Gasteiger partial charge is 0.232 e. The summed E-state index contributed by atoms with van der Waals surface area (Å²) in [6.45, 7) is 13.1. The summed E-state index contributed by atoms with van der Waals surface area (Å²) in [7, 11) is 0. The van der Waals surface area contributed by atoms with Gasteiger partial charge in [-0.15, -0.1) is 0 Å². The molecule has 0 spiro atoms. The lowest BCUT2D eigenvalue weighted by molar-refractivity contribution is 0.403. The number of hydrogen-bond donors (Lipinski definition) is 2. The van der Waals surface area contributed by atoms with Crippen LogP contribution in [0.2, 0.25) is 0 Å². The number of aromatic nitrogens is 6. The third-order valence-electron chi connectivity index (χ3n) is 6.02. The number of nitrogens with zero attached hydrogens (tertiary/aromatic N) is 7. The van der Waals surface area contributed by atoms with Crippen molar-refractivity contribution in [2.45, 2.75) is 59.3 Å². The molecule has 1 fully saturated rings. The van der Waals surface area contributed by atoms with Crippen LogP contribution in [0.4, 0.5) is 11.9 Å². The van der Waals surface area contributed by atoms with E-state index in [1.807, 2.05) is 4.52 Å². The average molecular weight is 512 g/mol.